The lowest BCUT2D eigenvalue weighted by atomic mass is 10.2. The average Bonchev–Trinajstić information content (AvgIpc) is 2.15. The van der Waals surface area contributed by atoms with Crippen molar-refractivity contribution >= 4 is 31.9 Å². The summed E-state index contributed by atoms with van der Waals surface area (Å²) < 4.78 is 29.3. The third-order valence-electron chi connectivity index (χ3n) is 1.54. The smallest absolute Gasteiger partial charge is 0.272 e. The fourth-order valence-corrected chi connectivity index (χ4v) is 2.25. The second-order valence-electron chi connectivity index (χ2n) is 2.59. The molecule has 0 fully saturated rings. The van der Waals surface area contributed by atoms with Crippen LogP contribution in [0, 0.1) is 0 Å². The fourth-order valence-electron chi connectivity index (χ4n) is 0.885. The van der Waals surface area contributed by atoms with Gasteiger partial charge in [0.1, 0.15) is 12.4 Å². The molecular formula is C9H8Br2F2O. The Morgan fingerprint density at radius 3 is 2.57 bits per heavy atom. The van der Waals surface area contributed by atoms with Gasteiger partial charge in [-0.05, 0) is 17.7 Å². The number of rotatable bonds is 4. The average molecular weight is 330 g/mol. The number of hydrogen-bond acceptors (Lipinski definition) is 1. The molecule has 0 atom stereocenters. The molecule has 0 aliphatic rings. The van der Waals surface area contributed by atoms with Crippen LogP contribution in [0.2, 0.25) is 0 Å². The highest BCUT2D eigenvalue weighted by Gasteiger charge is 2.05. The van der Waals surface area contributed by atoms with Crippen molar-refractivity contribution in [3.63, 3.8) is 0 Å². The Balaban J connectivity index is 2.66. The Kier molecular flexibility index (Phi) is 4.81. The van der Waals surface area contributed by atoms with Crippen LogP contribution in [0.5, 0.6) is 5.75 Å². The summed E-state index contributed by atoms with van der Waals surface area (Å²) in [6, 6.07) is 5.17. The van der Waals surface area contributed by atoms with E-state index in [1.165, 1.54) is 0 Å². The van der Waals surface area contributed by atoms with Crippen molar-refractivity contribution in [1.82, 2.24) is 0 Å². The normalized spacial score (nSPS) is 10.6. The van der Waals surface area contributed by atoms with Crippen molar-refractivity contribution in [3.05, 3.63) is 28.2 Å². The summed E-state index contributed by atoms with van der Waals surface area (Å²) in [5, 5.41) is 0.711. The first-order valence-corrected chi connectivity index (χ1v) is 5.80. The van der Waals surface area contributed by atoms with Crippen molar-refractivity contribution in [3.8, 4) is 5.75 Å². The maximum atomic E-state index is 11.8. The maximum Gasteiger partial charge on any atom is 0.272 e. The van der Waals surface area contributed by atoms with E-state index in [4.69, 9.17) is 4.74 Å². The van der Waals surface area contributed by atoms with Gasteiger partial charge in [-0.25, -0.2) is 8.78 Å². The van der Waals surface area contributed by atoms with Gasteiger partial charge in [-0.2, -0.15) is 0 Å². The molecule has 0 saturated carbocycles. The van der Waals surface area contributed by atoms with E-state index in [1.54, 1.807) is 12.1 Å². The predicted molar refractivity (Wildman–Crippen MR) is 58.3 cm³/mol. The molecule has 0 saturated heterocycles. The zero-order valence-corrected chi connectivity index (χ0v) is 10.3. The second kappa shape index (κ2) is 5.66. The van der Waals surface area contributed by atoms with E-state index in [9.17, 15) is 8.78 Å². The van der Waals surface area contributed by atoms with E-state index in [0.717, 1.165) is 10.0 Å². The summed E-state index contributed by atoms with van der Waals surface area (Å²) in [6.45, 7) is -0.569. The highest BCUT2D eigenvalue weighted by molar-refractivity contribution is 9.10. The number of halogens is 4. The first-order valence-electron chi connectivity index (χ1n) is 3.89. The van der Waals surface area contributed by atoms with Gasteiger partial charge >= 0.3 is 0 Å². The molecule has 0 spiro atoms. The highest BCUT2D eigenvalue weighted by Crippen LogP contribution is 2.24. The molecule has 1 aromatic rings. The molecule has 1 aromatic carbocycles. The molecular weight excluding hydrogens is 322 g/mol. The first kappa shape index (κ1) is 11.9. The molecule has 1 nitrogen and oxygen atoms in total. The molecule has 0 aliphatic heterocycles. The largest absolute Gasteiger partial charge is 0.488 e. The number of ether oxygens (including phenoxy) is 1. The molecule has 1 rings (SSSR count). The SMILES string of the molecule is FC(F)COc1ccc(CBr)c(Br)c1. The molecule has 78 valence electrons. The quantitative estimate of drug-likeness (QED) is 0.759. The minimum Gasteiger partial charge on any atom is -0.488 e. The van der Waals surface area contributed by atoms with E-state index in [1.807, 2.05) is 6.07 Å². The van der Waals surface area contributed by atoms with Gasteiger partial charge in [-0.15, -0.1) is 0 Å². The molecule has 0 radical (unpaired) electrons. The van der Waals surface area contributed by atoms with E-state index in [-0.39, 0.29) is 0 Å². The number of alkyl halides is 3. The summed E-state index contributed by atoms with van der Waals surface area (Å²) in [4.78, 5) is 0. The molecule has 5 heteroatoms. The Morgan fingerprint density at radius 2 is 2.07 bits per heavy atom. The zero-order valence-electron chi connectivity index (χ0n) is 7.14. The first-order chi connectivity index (χ1) is 6.63. The molecule has 0 aliphatic carbocycles. The standard InChI is InChI=1S/C9H8Br2F2O/c10-4-6-1-2-7(3-8(6)11)14-5-9(12)13/h1-3,9H,4-5H2. The molecule has 0 heterocycles. The van der Waals surface area contributed by atoms with Crippen LogP contribution in [0.1, 0.15) is 5.56 Å². The Labute approximate surface area is 97.7 Å². The summed E-state index contributed by atoms with van der Waals surface area (Å²) in [5.41, 5.74) is 1.05. The molecule has 14 heavy (non-hydrogen) atoms. The molecule has 0 aromatic heterocycles. The van der Waals surface area contributed by atoms with Gasteiger partial charge in [0.2, 0.25) is 0 Å². The van der Waals surface area contributed by atoms with Crippen LogP contribution in [0.4, 0.5) is 8.78 Å². The Morgan fingerprint density at radius 1 is 1.36 bits per heavy atom. The Bertz CT molecular complexity index is 305. The van der Waals surface area contributed by atoms with Gasteiger partial charge in [0, 0.05) is 9.80 Å². The summed E-state index contributed by atoms with van der Waals surface area (Å²) in [7, 11) is 0. The van der Waals surface area contributed by atoms with Crippen LogP contribution in [0.15, 0.2) is 22.7 Å². The van der Waals surface area contributed by atoms with E-state index >= 15 is 0 Å². The van der Waals surface area contributed by atoms with Crippen LogP contribution in [-0.2, 0) is 5.33 Å². The monoisotopic (exact) mass is 328 g/mol. The van der Waals surface area contributed by atoms with Gasteiger partial charge in [-0.3, -0.25) is 0 Å². The minimum absolute atomic E-state index is 0.446. The van der Waals surface area contributed by atoms with E-state index in [0.29, 0.717) is 11.1 Å². The molecule has 0 N–H and O–H groups in total. The zero-order chi connectivity index (χ0) is 10.6. The lowest BCUT2D eigenvalue weighted by Crippen LogP contribution is -2.06. The number of benzene rings is 1. The van der Waals surface area contributed by atoms with Gasteiger partial charge in [0.25, 0.3) is 6.43 Å². The van der Waals surface area contributed by atoms with Gasteiger partial charge in [-0.1, -0.05) is 37.9 Å². The van der Waals surface area contributed by atoms with Crippen LogP contribution < -0.4 is 4.74 Å². The number of hydrogen-bond donors (Lipinski definition) is 0. The van der Waals surface area contributed by atoms with Crippen LogP contribution in [-0.4, -0.2) is 13.0 Å². The van der Waals surface area contributed by atoms with Crippen molar-refractivity contribution in [2.45, 2.75) is 11.8 Å². The van der Waals surface area contributed by atoms with E-state index < -0.39 is 13.0 Å². The highest BCUT2D eigenvalue weighted by atomic mass is 79.9. The van der Waals surface area contributed by atoms with Crippen LogP contribution in [0.3, 0.4) is 0 Å². The topological polar surface area (TPSA) is 9.23 Å². The van der Waals surface area contributed by atoms with Gasteiger partial charge < -0.3 is 4.74 Å². The summed E-state index contributed by atoms with van der Waals surface area (Å²) in [5.74, 6) is 0.446. The van der Waals surface area contributed by atoms with Crippen molar-refractivity contribution in [1.29, 1.82) is 0 Å². The van der Waals surface area contributed by atoms with Crippen molar-refractivity contribution in [2.24, 2.45) is 0 Å². The second-order valence-corrected chi connectivity index (χ2v) is 4.00. The van der Waals surface area contributed by atoms with Crippen molar-refractivity contribution in [2.75, 3.05) is 6.61 Å². The lowest BCUT2D eigenvalue weighted by molar-refractivity contribution is 0.0819. The Hall–Kier alpha value is -0.160. The third kappa shape index (κ3) is 3.53. The fraction of sp³-hybridized carbons (Fsp3) is 0.333. The molecule has 0 amide bonds. The molecule has 0 bridgehead atoms. The predicted octanol–water partition coefficient (Wildman–Crippen LogP) is 3.99. The van der Waals surface area contributed by atoms with Crippen LogP contribution >= 0.6 is 31.9 Å². The van der Waals surface area contributed by atoms with E-state index in [2.05, 4.69) is 31.9 Å². The van der Waals surface area contributed by atoms with Gasteiger partial charge in [0.05, 0.1) is 0 Å². The van der Waals surface area contributed by atoms with Gasteiger partial charge in [0.15, 0.2) is 0 Å². The lowest BCUT2D eigenvalue weighted by Gasteiger charge is -2.07. The summed E-state index contributed by atoms with van der Waals surface area (Å²) >= 11 is 6.62. The van der Waals surface area contributed by atoms with Crippen LogP contribution in [0.25, 0.3) is 0 Å². The molecule has 0 unspecified atom stereocenters. The third-order valence-corrected chi connectivity index (χ3v) is 2.89. The minimum atomic E-state index is -2.44. The van der Waals surface area contributed by atoms with Crippen molar-refractivity contribution < 1.29 is 13.5 Å². The maximum absolute atomic E-state index is 11.8. The summed E-state index contributed by atoms with van der Waals surface area (Å²) in [6.07, 6.45) is -2.44.